The summed E-state index contributed by atoms with van der Waals surface area (Å²) in [5.74, 6) is 1.99. The molecule has 0 fully saturated rings. The Kier molecular flexibility index (Phi) is 31.7. The molecule has 9 rings (SSSR count). The van der Waals surface area contributed by atoms with Gasteiger partial charge in [0.05, 0.1) is 79.6 Å². The van der Waals surface area contributed by atoms with Crippen LogP contribution >= 0.6 is 0 Å². The number of rotatable bonds is 19. The molecule has 452 valence electrons. The number of aliphatic imine (C=N–C) groups is 1. The molecule has 0 aliphatic heterocycles. The second kappa shape index (κ2) is 41.0. The highest BCUT2D eigenvalue weighted by molar-refractivity contribution is 5.77. The fourth-order valence-corrected chi connectivity index (χ4v) is 6.75. The molecule has 18 nitrogen and oxygen atoms in total. The van der Waals surface area contributed by atoms with Gasteiger partial charge in [-0.05, 0) is 124 Å². The van der Waals surface area contributed by atoms with Crippen molar-refractivity contribution < 1.29 is 53.5 Å². The summed E-state index contributed by atoms with van der Waals surface area (Å²) >= 11 is 0. The van der Waals surface area contributed by atoms with E-state index in [0.717, 1.165) is 34.1 Å². The van der Waals surface area contributed by atoms with Gasteiger partial charge in [0.1, 0.15) is 54.4 Å². The van der Waals surface area contributed by atoms with Crippen LogP contribution in [0.1, 0.15) is 64.3 Å². The zero-order valence-corrected chi connectivity index (χ0v) is 48.8. The van der Waals surface area contributed by atoms with Gasteiger partial charge in [-0.2, -0.15) is 15.0 Å². The monoisotopic (exact) mass is 1180 g/mol. The Morgan fingerprint density at radius 1 is 0.605 bits per heavy atom. The first-order valence-electron chi connectivity index (χ1n) is 27.6. The molecule has 2 N–H and O–H groups in total. The molecular weight excluding hydrogens is 1110 g/mol. The molecule has 4 heterocycles. The lowest BCUT2D eigenvalue weighted by atomic mass is 10.1. The van der Waals surface area contributed by atoms with Gasteiger partial charge in [0.25, 0.3) is 12.6 Å². The fourth-order valence-electron chi connectivity index (χ4n) is 6.75. The molecule has 0 bridgehead atoms. The largest absolute Gasteiger partial charge is 0.492 e. The summed E-state index contributed by atoms with van der Waals surface area (Å²) in [5.41, 5.74) is 10.4. The quantitative estimate of drug-likeness (QED) is 0.0453. The number of hydrogen-bond donors (Lipinski definition) is 1. The Hall–Kier alpha value is -10.1. The average Bonchev–Trinajstić information content (AvgIpc) is 3.46. The smallest absolute Gasteiger partial charge is 0.316 e. The van der Waals surface area contributed by atoms with Crippen molar-refractivity contribution in [2.24, 2.45) is 10.7 Å². The molecule has 0 radical (unpaired) electrons. The lowest BCUT2D eigenvalue weighted by Gasteiger charge is -2.18. The topological polar surface area (TPSA) is 210 Å². The molecule has 0 aliphatic carbocycles. The van der Waals surface area contributed by atoms with Crippen LogP contribution in [-0.4, -0.2) is 119 Å². The number of hydrogen-bond acceptors (Lipinski definition) is 16. The van der Waals surface area contributed by atoms with Crippen LogP contribution in [0.5, 0.6) is 35.3 Å². The minimum Gasteiger partial charge on any atom is -0.492 e. The number of carbonyl (C=O) groups excluding carboxylic acids is 1. The Labute approximate surface area is 502 Å². The summed E-state index contributed by atoms with van der Waals surface area (Å²) in [4.78, 5) is 46.8. The number of ether oxygens (including phenoxy) is 6. The van der Waals surface area contributed by atoms with Crippen LogP contribution in [0.2, 0.25) is 0 Å². The zero-order valence-electron chi connectivity index (χ0n) is 50.8. The summed E-state index contributed by atoms with van der Waals surface area (Å²) in [6.45, 7) is 14.4. The number of halogens is 4. The molecule has 0 spiro atoms. The van der Waals surface area contributed by atoms with Crippen molar-refractivity contribution in [3.8, 4) is 64.5 Å². The van der Waals surface area contributed by atoms with Crippen LogP contribution in [0.3, 0.4) is 0 Å². The maximum Gasteiger partial charge on any atom is 0.316 e. The van der Waals surface area contributed by atoms with Crippen LogP contribution in [0.25, 0.3) is 27.5 Å². The van der Waals surface area contributed by atoms with E-state index in [1.807, 2.05) is 123 Å². The van der Waals surface area contributed by atoms with Crippen molar-refractivity contribution in [3.63, 3.8) is 0 Å². The van der Waals surface area contributed by atoms with Crippen LogP contribution in [-0.2, 0) is 0 Å². The number of aromatic nitrogens is 8. The fraction of sp³-hybridized carbons (Fsp3) is 0.250. The number of benzene rings is 5. The number of imidazole rings is 1. The molecule has 5 aromatic carbocycles. The van der Waals surface area contributed by atoms with Crippen molar-refractivity contribution in [3.05, 3.63) is 216 Å². The zero-order chi connectivity index (χ0) is 64.3. The number of alkyl halides is 2. The van der Waals surface area contributed by atoms with Gasteiger partial charge in [-0.25, -0.2) is 28.7 Å². The first-order valence-corrected chi connectivity index (χ1v) is 26.2. The Balaban J connectivity index is 0.000000301. The lowest BCUT2D eigenvalue weighted by molar-refractivity contribution is 0.111. The highest BCUT2D eigenvalue weighted by Gasteiger charge is 2.21. The SMILES string of the molecule is C#[N+]C(C)c1ccc(F)cc1.CC(N)COc1ccccc1.COc1nccc(-c2c(-c3ccc(F)cc3)ncn2C(C)COc2ccccc2)n1.COc1nccc(C=NC(C)COc2ccccc2)n1.COc1nccc(C=O)n1.[2H]CF.[2H]CF. The van der Waals surface area contributed by atoms with E-state index in [4.69, 9.17) is 38.7 Å². The minimum atomic E-state index is -1.00. The average molecular weight is 1190 g/mol. The highest BCUT2D eigenvalue weighted by Crippen LogP contribution is 2.33. The molecule has 4 atom stereocenters. The van der Waals surface area contributed by atoms with Crippen LogP contribution in [0.4, 0.5) is 17.6 Å². The summed E-state index contributed by atoms with van der Waals surface area (Å²) in [5, 5.41) is 0. The van der Waals surface area contributed by atoms with Gasteiger partial charge < -0.3 is 38.7 Å². The minimum absolute atomic E-state index is 0.0381. The standard InChI is InChI=1S/C23H21FN4O2.C15H17N3O2.C9H9FN.C9H13NO.C6H6N2O2.2CH3F/c1-16(14-30-19-6-4-3-5-7-19)28-15-26-21(17-8-10-18(24)11-9-17)22(28)20-12-13-25-23(27-20)29-2;1-12(11-20-14-6-4-3-5-7-14)17-10-13-8-9-16-15(18-13)19-2;1-7(11-2)8-3-5-9(10)6-4-8;1-8(10)7-11-9-5-3-2-4-6-9;1-10-6-7-3-2-5(4-9)8-6;2*1-2/h3-13,15-16H,14H2,1-2H3;3-10,12H,11H2,1-2H3;2-7H,1H3;2-6,8H,7,10H2,1H3;2-4H,1H3;2*1H3/q;;+1;;;;/i;;;;;2*1D. The lowest BCUT2D eigenvalue weighted by Crippen LogP contribution is -2.23. The normalized spacial score (nSPS) is 11.6. The third kappa shape index (κ3) is 26.0. The summed E-state index contributed by atoms with van der Waals surface area (Å²) < 4.78 is 90.6. The number of aldehydes is 1. The molecule has 9 aromatic rings. The first kappa shape index (κ1) is 66.7. The third-order valence-electron chi connectivity index (χ3n) is 11.0. The molecule has 0 amide bonds. The van der Waals surface area contributed by atoms with E-state index in [0.29, 0.717) is 54.9 Å². The second-order valence-corrected chi connectivity index (χ2v) is 17.5. The van der Waals surface area contributed by atoms with E-state index in [-0.39, 0.29) is 47.8 Å². The van der Waals surface area contributed by atoms with Crippen LogP contribution in [0.15, 0.2) is 188 Å². The Bertz CT molecular complexity index is 3380. The van der Waals surface area contributed by atoms with Crippen LogP contribution < -0.4 is 34.2 Å². The number of carbonyl (C=O) groups is 1. The Morgan fingerprint density at radius 2 is 1.05 bits per heavy atom. The van der Waals surface area contributed by atoms with Gasteiger partial charge >= 0.3 is 18.0 Å². The van der Waals surface area contributed by atoms with Gasteiger partial charge in [0.15, 0.2) is 6.29 Å². The molecular formula is C64H72F4N11O7+. The first-order chi connectivity index (χ1) is 42.6. The summed E-state index contributed by atoms with van der Waals surface area (Å²) in [7, 11) is 2.50. The van der Waals surface area contributed by atoms with Gasteiger partial charge in [-0.15, -0.1) is 0 Å². The maximum absolute atomic E-state index is 13.4. The van der Waals surface area contributed by atoms with E-state index in [1.165, 1.54) is 57.9 Å². The van der Waals surface area contributed by atoms with E-state index >= 15 is 0 Å². The molecule has 86 heavy (non-hydrogen) atoms. The number of nitrogens with zero attached hydrogens (tertiary/aromatic N) is 10. The number of methoxy groups -OCH3 is 3. The molecule has 22 heteroatoms. The van der Waals surface area contributed by atoms with E-state index in [1.54, 1.807) is 61.3 Å². The highest BCUT2D eigenvalue weighted by atomic mass is 19.1. The van der Waals surface area contributed by atoms with Crippen LogP contribution in [0, 0.1) is 18.2 Å². The molecule has 0 saturated heterocycles. The van der Waals surface area contributed by atoms with E-state index < -0.39 is 14.3 Å². The van der Waals surface area contributed by atoms with Gasteiger partial charge in [-0.3, -0.25) is 18.6 Å². The van der Waals surface area contributed by atoms with Crippen molar-refractivity contribution in [2.75, 3.05) is 55.5 Å². The van der Waals surface area contributed by atoms with E-state index in [2.05, 4.69) is 49.5 Å². The molecule has 4 aromatic heterocycles. The van der Waals surface area contributed by atoms with E-state index in [9.17, 15) is 22.4 Å². The predicted molar refractivity (Wildman–Crippen MR) is 326 cm³/mol. The van der Waals surface area contributed by atoms with Crippen molar-refractivity contribution >= 4 is 12.5 Å². The number of nitrogens with two attached hydrogens (primary N) is 1. The predicted octanol–water partition coefficient (Wildman–Crippen LogP) is 12.9. The summed E-state index contributed by atoms with van der Waals surface area (Å²) in [6, 6.07) is 47.3. The maximum atomic E-state index is 13.4. The summed E-state index contributed by atoms with van der Waals surface area (Å²) in [6.07, 6.45) is 8.83. The van der Waals surface area contributed by atoms with Crippen molar-refractivity contribution in [1.29, 1.82) is 0 Å². The Morgan fingerprint density at radius 3 is 1.52 bits per heavy atom. The van der Waals surface area contributed by atoms with Crippen molar-refractivity contribution in [2.45, 2.75) is 51.9 Å². The number of para-hydroxylation sites is 3. The molecule has 4 unspecified atom stereocenters. The van der Waals surface area contributed by atoms with Gasteiger partial charge in [-0.1, -0.05) is 59.4 Å². The van der Waals surface area contributed by atoms with Gasteiger partial charge in [0.2, 0.25) is 0 Å². The molecule has 0 aliphatic rings. The second-order valence-electron chi connectivity index (χ2n) is 17.5. The van der Waals surface area contributed by atoms with Crippen molar-refractivity contribution in [1.82, 2.24) is 39.5 Å². The molecule has 0 saturated carbocycles. The third-order valence-corrected chi connectivity index (χ3v) is 11.0. The van der Waals surface area contributed by atoms with Gasteiger partial charge in [0, 0.05) is 48.9 Å².